The van der Waals surface area contributed by atoms with Gasteiger partial charge < -0.3 is 24.0 Å². The van der Waals surface area contributed by atoms with Crippen molar-refractivity contribution < 1.29 is 28.6 Å². The molecule has 1 atom stereocenters. The summed E-state index contributed by atoms with van der Waals surface area (Å²) in [5.41, 5.74) is 0.230. The van der Waals surface area contributed by atoms with Crippen molar-refractivity contribution in [1.82, 2.24) is 9.80 Å². The van der Waals surface area contributed by atoms with Crippen molar-refractivity contribution in [3.63, 3.8) is 0 Å². The van der Waals surface area contributed by atoms with Crippen molar-refractivity contribution in [2.24, 2.45) is 0 Å². The normalized spacial score (nSPS) is 17.1. The van der Waals surface area contributed by atoms with Gasteiger partial charge in [0, 0.05) is 19.6 Å². The highest BCUT2D eigenvalue weighted by Crippen LogP contribution is 2.19. The largest absolute Gasteiger partial charge is 0.469 e. The molecule has 8 heteroatoms. The van der Waals surface area contributed by atoms with Gasteiger partial charge in [0.15, 0.2) is 0 Å². The summed E-state index contributed by atoms with van der Waals surface area (Å²) < 4.78 is 15.5. The highest BCUT2D eigenvalue weighted by molar-refractivity contribution is 5.74. The number of methoxy groups -OCH3 is 1. The Balaban J connectivity index is 2.01. The predicted octanol–water partition coefficient (Wildman–Crippen LogP) is 2.81. The van der Waals surface area contributed by atoms with Crippen LogP contribution in [0.3, 0.4) is 0 Å². The number of rotatable bonds is 4. The zero-order valence-electron chi connectivity index (χ0n) is 16.8. The molecule has 0 N–H and O–H groups in total. The van der Waals surface area contributed by atoms with Crippen LogP contribution in [0.1, 0.15) is 32.8 Å². The first kappa shape index (κ1) is 21.5. The van der Waals surface area contributed by atoms with Gasteiger partial charge in [0.05, 0.1) is 19.6 Å². The van der Waals surface area contributed by atoms with Crippen LogP contribution in [0.4, 0.5) is 9.59 Å². The Morgan fingerprint density at radius 2 is 1.75 bits per heavy atom. The molecule has 28 heavy (non-hydrogen) atoms. The van der Waals surface area contributed by atoms with Crippen LogP contribution in [0, 0.1) is 0 Å². The number of nitrogens with zero attached hydrogens (tertiary/aromatic N) is 2. The first-order chi connectivity index (χ1) is 13.2. The molecule has 2 rings (SSSR count). The molecule has 0 bridgehead atoms. The number of amides is 2. The van der Waals surface area contributed by atoms with E-state index in [1.54, 1.807) is 20.8 Å². The van der Waals surface area contributed by atoms with E-state index in [1.165, 1.54) is 16.9 Å². The minimum Gasteiger partial charge on any atom is -0.469 e. The summed E-state index contributed by atoms with van der Waals surface area (Å²) in [5, 5.41) is 0. The fourth-order valence-corrected chi connectivity index (χ4v) is 2.84. The topological polar surface area (TPSA) is 85.4 Å². The number of carbonyl (C=O) groups excluding carboxylic acids is 3. The molecular weight excluding hydrogens is 364 g/mol. The van der Waals surface area contributed by atoms with E-state index in [4.69, 9.17) is 14.2 Å². The van der Waals surface area contributed by atoms with Crippen LogP contribution >= 0.6 is 0 Å². The van der Waals surface area contributed by atoms with E-state index in [2.05, 4.69) is 0 Å². The van der Waals surface area contributed by atoms with E-state index in [0.29, 0.717) is 6.54 Å². The monoisotopic (exact) mass is 392 g/mol. The summed E-state index contributed by atoms with van der Waals surface area (Å²) in [4.78, 5) is 39.7. The zero-order chi connectivity index (χ0) is 20.7. The third kappa shape index (κ3) is 6.44. The fourth-order valence-electron chi connectivity index (χ4n) is 2.84. The Labute approximate surface area is 165 Å². The van der Waals surface area contributed by atoms with Crippen molar-refractivity contribution in [2.45, 2.75) is 45.4 Å². The lowest BCUT2D eigenvalue weighted by atomic mass is 10.1. The molecule has 8 nitrogen and oxygen atoms in total. The number of carbonyl (C=O) groups is 3. The summed E-state index contributed by atoms with van der Waals surface area (Å²) in [5.74, 6) is -0.460. The quantitative estimate of drug-likeness (QED) is 0.579. The van der Waals surface area contributed by atoms with Gasteiger partial charge in [0.1, 0.15) is 12.2 Å². The van der Waals surface area contributed by atoms with Crippen LogP contribution in [0.2, 0.25) is 0 Å². The number of esters is 1. The first-order valence-electron chi connectivity index (χ1n) is 9.21. The Kier molecular flexibility index (Phi) is 7.25. The average molecular weight is 392 g/mol. The van der Waals surface area contributed by atoms with Crippen molar-refractivity contribution in [3.05, 3.63) is 35.9 Å². The van der Waals surface area contributed by atoms with Crippen molar-refractivity contribution in [1.29, 1.82) is 0 Å². The van der Waals surface area contributed by atoms with E-state index in [-0.39, 0.29) is 26.1 Å². The molecule has 1 fully saturated rings. The molecule has 1 aliphatic heterocycles. The second-order valence-corrected chi connectivity index (χ2v) is 7.59. The van der Waals surface area contributed by atoms with Crippen LogP contribution in [0.25, 0.3) is 0 Å². The first-order valence-corrected chi connectivity index (χ1v) is 9.21. The number of hydrogen-bond acceptors (Lipinski definition) is 6. The summed E-state index contributed by atoms with van der Waals surface area (Å²) in [6, 6.07) is 8.82. The maximum Gasteiger partial charge on any atom is 0.410 e. The second kappa shape index (κ2) is 9.43. The molecule has 0 aliphatic carbocycles. The number of hydrogen-bond donors (Lipinski definition) is 0. The summed E-state index contributed by atoms with van der Waals surface area (Å²) in [6.07, 6.45) is -1.03. The molecule has 154 valence electrons. The van der Waals surface area contributed by atoms with E-state index in [0.717, 1.165) is 5.56 Å². The Morgan fingerprint density at radius 3 is 2.36 bits per heavy atom. The lowest BCUT2D eigenvalue weighted by molar-refractivity contribution is -0.142. The van der Waals surface area contributed by atoms with Gasteiger partial charge >= 0.3 is 18.2 Å². The number of benzene rings is 1. The standard InChI is InChI=1S/C20H28N2O6/c1-20(2,3)28-19(25)22-11-10-21(13-16(22)12-17(23)26-4)18(24)27-14-15-8-6-5-7-9-15/h5-9,16H,10-14H2,1-4H3. The number of ether oxygens (including phenoxy) is 3. The second-order valence-electron chi connectivity index (χ2n) is 7.59. The molecule has 2 amide bonds. The maximum atomic E-state index is 12.5. The highest BCUT2D eigenvalue weighted by Gasteiger charge is 2.36. The number of piperazine rings is 1. The van der Waals surface area contributed by atoms with Gasteiger partial charge in [-0.2, -0.15) is 0 Å². The molecule has 0 saturated carbocycles. The van der Waals surface area contributed by atoms with E-state index in [9.17, 15) is 14.4 Å². The molecular formula is C20H28N2O6. The molecule has 1 aliphatic rings. The van der Waals surface area contributed by atoms with Gasteiger partial charge in [-0.25, -0.2) is 9.59 Å². The van der Waals surface area contributed by atoms with Crippen molar-refractivity contribution >= 4 is 18.2 Å². The third-order valence-electron chi connectivity index (χ3n) is 4.20. The molecule has 1 aromatic carbocycles. The molecule has 0 radical (unpaired) electrons. The van der Waals surface area contributed by atoms with Crippen molar-refractivity contribution in [2.75, 3.05) is 26.7 Å². The molecule has 0 aromatic heterocycles. The van der Waals surface area contributed by atoms with Gasteiger partial charge in [0.2, 0.25) is 0 Å². The molecule has 1 unspecified atom stereocenters. The summed E-state index contributed by atoms with van der Waals surface area (Å²) >= 11 is 0. The highest BCUT2D eigenvalue weighted by atomic mass is 16.6. The van der Waals surface area contributed by atoms with Crippen LogP contribution in [-0.2, 0) is 25.6 Å². The Bertz CT molecular complexity index is 686. The Morgan fingerprint density at radius 1 is 1.07 bits per heavy atom. The maximum absolute atomic E-state index is 12.5. The molecule has 1 heterocycles. The van der Waals surface area contributed by atoms with Crippen LogP contribution < -0.4 is 0 Å². The van der Waals surface area contributed by atoms with E-state index < -0.39 is 29.8 Å². The minimum absolute atomic E-state index is 0.0296. The smallest absolute Gasteiger partial charge is 0.410 e. The molecule has 1 aromatic rings. The lowest BCUT2D eigenvalue weighted by Crippen LogP contribution is -2.58. The summed E-state index contributed by atoms with van der Waals surface area (Å²) in [7, 11) is 1.29. The molecule has 1 saturated heterocycles. The van der Waals surface area contributed by atoms with Crippen LogP contribution in [0.5, 0.6) is 0 Å². The SMILES string of the molecule is COC(=O)CC1CN(C(=O)OCc2ccccc2)CCN1C(=O)OC(C)(C)C. The van der Waals surface area contributed by atoms with Gasteiger partial charge in [-0.3, -0.25) is 4.79 Å². The van der Waals surface area contributed by atoms with Gasteiger partial charge in [-0.15, -0.1) is 0 Å². The van der Waals surface area contributed by atoms with E-state index >= 15 is 0 Å². The Hall–Kier alpha value is -2.77. The predicted molar refractivity (Wildman–Crippen MR) is 102 cm³/mol. The lowest BCUT2D eigenvalue weighted by Gasteiger charge is -2.40. The summed E-state index contributed by atoms with van der Waals surface area (Å²) in [6.45, 7) is 6.20. The van der Waals surface area contributed by atoms with Gasteiger partial charge in [-0.1, -0.05) is 30.3 Å². The molecule has 0 spiro atoms. The van der Waals surface area contributed by atoms with Gasteiger partial charge in [0.25, 0.3) is 0 Å². The van der Waals surface area contributed by atoms with Crippen molar-refractivity contribution in [3.8, 4) is 0 Å². The average Bonchev–Trinajstić information content (AvgIpc) is 2.65. The third-order valence-corrected chi connectivity index (χ3v) is 4.20. The van der Waals surface area contributed by atoms with Gasteiger partial charge in [-0.05, 0) is 26.3 Å². The fraction of sp³-hybridized carbons (Fsp3) is 0.550. The van der Waals surface area contributed by atoms with Crippen LogP contribution in [0.15, 0.2) is 30.3 Å². The minimum atomic E-state index is -0.654. The zero-order valence-corrected chi connectivity index (χ0v) is 16.8. The van der Waals surface area contributed by atoms with E-state index in [1.807, 2.05) is 30.3 Å². The van der Waals surface area contributed by atoms with Crippen LogP contribution in [-0.4, -0.2) is 66.3 Å².